The number of nitrogens with zero attached hydrogens (tertiary/aromatic N) is 6. The van der Waals surface area contributed by atoms with Crippen LogP contribution in [0.25, 0.3) is 11.0 Å². The second-order valence-electron chi connectivity index (χ2n) is 7.25. The Morgan fingerprint density at radius 1 is 1.23 bits per heavy atom. The first-order chi connectivity index (χ1) is 15.0. The van der Waals surface area contributed by atoms with Crippen molar-refractivity contribution in [3.05, 3.63) is 70.0 Å². The van der Waals surface area contributed by atoms with Crippen molar-refractivity contribution in [3.63, 3.8) is 0 Å². The Hall–Kier alpha value is -3.95. The van der Waals surface area contributed by atoms with Gasteiger partial charge in [0.25, 0.3) is 11.5 Å². The summed E-state index contributed by atoms with van der Waals surface area (Å²) in [5.41, 5.74) is 2.88. The van der Waals surface area contributed by atoms with Crippen LogP contribution in [0.15, 0.2) is 47.8 Å². The minimum Gasteiger partial charge on any atom is -0.479 e. The van der Waals surface area contributed by atoms with Crippen LogP contribution >= 0.6 is 0 Å². The van der Waals surface area contributed by atoms with Crippen molar-refractivity contribution in [1.82, 2.24) is 34.4 Å². The minimum absolute atomic E-state index is 0.152. The third-order valence-electron chi connectivity index (χ3n) is 4.94. The predicted molar refractivity (Wildman–Crippen MR) is 114 cm³/mol. The minimum atomic E-state index is -0.296. The lowest BCUT2D eigenvalue weighted by Gasteiger charge is -2.08. The molecule has 0 unspecified atom stereocenters. The zero-order valence-corrected chi connectivity index (χ0v) is 17.6. The zero-order chi connectivity index (χ0) is 22.0. The fraction of sp³-hybridized carbons (Fsp3) is 0.286. The van der Waals surface area contributed by atoms with E-state index in [2.05, 4.69) is 20.5 Å². The van der Waals surface area contributed by atoms with Crippen molar-refractivity contribution in [2.24, 2.45) is 7.05 Å². The summed E-state index contributed by atoms with van der Waals surface area (Å²) in [4.78, 5) is 29.6. The van der Waals surface area contributed by atoms with Crippen LogP contribution in [0, 0.1) is 6.92 Å². The lowest BCUT2D eigenvalue weighted by atomic mass is 10.1. The van der Waals surface area contributed by atoms with Crippen molar-refractivity contribution >= 4 is 16.9 Å². The Balaban J connectivity index is 1.45. The van der Waals surface area contributed by atoms with Crippen LogP contribution in [0.5, 0.6) is 5.88 Å². The van der Waals surface area contributed by atoms with E-state index in [-0.39, 0.29) is 17.3 Å². The number of hydrogen-bond acceptors (Lipinski definition) is 6. The molecule has 0 saturated carbocycles. The number of aromatic nitrogens is 6. The lowest BCUT2D eigenvalue weighted by Crippen LogP contribution is -2.28. The number of carbonyl (C=O) groups excluding carboxylic acids is 1. The molecule has 1 N–H and O–H groups in total. The highest BCUT2D eigenvalue weighted by atomic mass is 16.5. The first-order valence-corrected chi connectivity index (χ1v) is 9.78. The van der Waals surface area contributed by atoms with Gasteiger partial charge in [0.2, 0.25) is 5.88 Å². The summed E-state index contributed by atoms with van der Waals surface area (Å²) < 4.78 is 9.80. The number of ether oxygens (including phenoxy) is 1. The van der Waals surface area contributed by atoms with Crippen molar-refractivity contribution in [2.75, 3.05) is 13.7 Å². The molecule has 0 fully saturated rings. The number of amides is 1. The summed E-state index contributed by atoms with van der Waals surface area (Å²) in [6.07, 6.45) is 4.64. The fourth-order valence-electron chi connectivity index (χ4n) is 3.31. The Morgan fingerprint density at radius 3 is 2.74 bits per heavy atom. The third kappa shape index (κ3) is 4.18. The molecule has 4 rings (SSSR count). The van der Waals surface area contributed by atoms with Crippen LogP contribution in [0.3, 0.4) is 0 Å². The number of fused-ring (bicyclic) bond motifs is 1. The molecule has 0 radical (unpaired) electrons. The number of benzene rings is 1. The molecule has 1 amide bonds. The topological polar surface area (TPSA) is 109 Å². The Morgan fingerprint density at radius 2 is 2.00 bits per heavy atom. The van der Waals surface area contributed by atoms with Gasteiger partial charge in [0, 0.05) is 19.8 Å². The maximum atomic E-state index is 12.8. The number of hydrogen-bond donors (Lipinski definition) is 1. The molecule has 4 aromatic rings. The molecule has 3 heterocycles. The molecular weight excluding hydrogens is 398 g/mol. The second-order valence-corrected chi connectivity index (χ2v) is 7.25. The van der Waals surface area contributed by atoms with Crippen LogP contribution in [-0.2, 0) is 20.1 Å². The van der Waals surface area contributed by atoms with Crippen LogP contribution in [-0.4, -0.2) is 48.7 Å². The van der Waals surface area contributed by atoms with Gasteiger partial charge in [-0.1, -0.05) is 29.8 Å². The summed E-state index contributed by atoms with van der Waals surface area (Å²) in [6.45, 7) is 3.14. The van der Waals surface area contributed by atoms with E-state index >= 15 is 0 Å². The lowest BCUT2D eigenvalue weighted by molar-refractivity contribution is 0.0949. The Labute approximate surface area is 178 Å². The maximum absolute atomic E-state index is 12.8. The van der Waals surface area contributed by atoms with Crippen molar-refractivity contribution in [1.29, 1.82) is 0 Å². The Kier molecular flexibility index (Phi) is 5.52. The van der Waals surface area contributed by atoms with Crippen LogP contribution in [0.2, 0.25) is 0 Å². The normalized spacial score (nSPS) is 11.1. The number of carbonyl (C=O) groups is 1. The Bertz CT molecular complexity index is 1280. The van der Waals surface area contributed by atoms with Gasteiger partial charge < -0.3 is 10.1 Å². The van der Waals surface area contributed by atoms with Crippen LogP contribution in [0.1, 0.15) is 21.5 Å². The molecule has 10 nitrogen and oxygen atoms in total. The number of aryl methyl sites for hydroxylation is 2. The van der Waals surface area contributed by atoms with Crippen molar-refractivity contribution in [3.8, 4) is 5.88 Å². The molecule has 0 aliphatic carbocycles. The zero-order valence-electron chi connectivity index (χ0n) is 17.6. The van der Waals surface area contributed by atoms with E-state index in [0.29, 0.717) is 36.2 Å². The van der Waals surface area contributed by atoms with Gasteiger partial charge in [0.15, 0.2) is 5.65 Å². The number of nitrogens with one attached hydrogen (secondary N) is 1. The molecule has 0 saturated heterocycles. The first kappa shape index (κ1) is 20.3. The molecule has 10 heteroatoms. The highest BCUT2D eigenvalue weighted by Gasteiger charge is 2.16. The van der Waals surface area contributed by atoms with Gasteiger partial charge in [-0.05, 0) is 12.5 Å². The van der Waals surface area contributed by atoms with E-state index < -0.39 is 0 Å². The molecule has 0 aliphatic rings. The average Bonchev–Trinajstić information content (AvgIpc) is 3.35. The van der Waals surface area contributed by atoms with Crippen molar-refractivity contribution < 1.29 is 9.53 Å². The first-order valence-electron chi connectivity index (χ1n) is 9.78. The van der Waals surface area contributed by atoms with E-state index in [1.165, 1.54) is 29.9 Å². The van der Waals surface area contributed by atoms with E-state index in [0.717, 1.165) is 5.56 Å². The molecule has 31 heavy (non-hydrogen) atoms. The molecule has 0 atom stereocenters. The molecule has 0 bridgehead atoms. The van der Waals surface area contributed by atoms with Gasteiger partial charge in [-0.2, -0.15) is 5.10 Å². The van der Waals surface area contributed by atoms with E-state index in [1.54, 1.807) is 22.5 Å². The molecule has 1 aromatic carbocycles. The quantitative estimate of drug-likeness (QED) is 0.479. The summed E-state index contributed by atoms with van der Waals surface area (Å²) >= 11 is 0. The maximum Gasteiger partial charge on any atom is 0.264 e. The number of rotatable bonds is 7. The monoisotopic (exact) mass is 421 g/mol. The van der Waals surface area contributed by atoms with Gasteiger partial charge in [-0.3, -0.25) is 18.8 Å². The van der Waals surface area contributed by atoms with Gasteiger partial charge in [-0.25, -0.2) is 9.67 Å². The standard InChI is InChI=1S/C21H23N7O3/c1-14-4-6-15(7-5-14)11-27-13-23-18-16(21(27)30)10-24-28(18)9-8-22-19(29)17-12-26(2)25-20(17)31-3/h4-7,10,12-13H,8-9,11H2,1-3H3,(H,22,29). The van der Waals surface area contributed by atoms with Gasteiger partial charge >= 0.3 is 0 Å². The van der Waals surface area contributed by atoms with Crippen molar-refractivity contribution in [2.45, 2.75) is 20.0 Å². The molecule has 0 spiro atoms. The number of methoxy groups -OCH3 is 1. The highest BCUT2D eigenvalue weighted by molar-refractivity contribution is 5.96. The summed E-state index contributed by atoms with van der Waals surface area (Å²) in [5.74, 6) is -0.0323. The van der Waals surface area contributed by atoms with E-state index in [4.69, 9.17) is 4.74 Å². The second kappa shape index (κ2) is 8.42. The largest absolute Gasteiger partial charge is 0.479 e. The predicted octanol–water partition coefficient (Wildman–Crippen LogP) is 1.12. The molecule has 3 aromatic heterocycles. The smallest absolute Gasteiger partial charge is 0.264 e. The van der Waals surface area contributed by atoms with Crippen LogP contribution in [0.4, 0.5) is 0 Å². The molecular formula is C21H23N7O3. The average molecular weight is 421 g/mol. The summed E-state index contributed by atoms with van der Waals surface area (Å²) in [5, 5.41) is 11.6. The molecule has 160 valence electrons. The SMILES string of the molecule is COc1nn(C)cc1C(=O)NCCn1ncc2c(=O)n(Cc3ccc(C)cc3)cnc21. The van der Waals surface area contributed by atoms with E-state index in [9.17, 15) is 9.59 Å². The van der Waals surface area contributed by atoms with Crippen LogP contribution < -0.4 is 15.6 Å². The fourth-order valence-corrected chi connectivity index (χ4v) is 3.31. The van der Waals surface area contributed by atoms with E-state index in [1.807, 2.05) is 31.2 Å². The molecule has 0 aliphatic heterocycles. The van der Waals surface area contributed by atoms with Gasteiger partial charge in [0.1, 0.15) is 17.3 Å². The van der Waals surface area contributed by atoms with Gasteiger partial charge in [-0.15, -0.1) is 5.10 Å². The summed E-state index contributed by atoms with van der Waals surface area (Å²) in [6, 6.07) is 8.02. The summed E-state index contributed by atoms with van der Waals surface area (Å²) in [7, 11) is 3.18. The third-order valence-corrected chi connectivity index (χ3v) is 4.94. The van der Waals surface area contributed by atoms with Gasteiger partial charge in [0.05, 0.1) is 26.4 Å². The highest BCUT2D eigenvalue weighted by Crippen LogP contribution is 2.14.